The summed E-state index contributed by atoms with van der Waals surface area (Å²) in [6, 6.07) is 13.4. The molecule has 4 rings (SSSR count). The number of anilines is 1. The predicted molar refractivity (Wildman–Crippen MR) is 110 cm³/mol. The Morgan fingerprint density at radius 3 is 2.86 bits per heavy atom. The molecule has 3 aromatic rings. The second-order valence-electron chi connectivity index (χ2n) is 6.80. The summed E-state index contributed by atoms with van der Waals surface area (Å²) in [5.74, 6) is 0.854. The van der Waals surface area contributed by atoms with E-state index in [-0.39, 0.29) is 11.9 Å². The van der Waals surface area contributed by atoms with Gasteiger partial charge in [0, 0.05) is 50.5 Å². The van der Waals surface area contributed by atoms with Gasteiger partial charge in [0.2, 0.25) is 0 Å². The van der Waals surface area contributed by atoms with E-state index in [2.05, 4.69) is 43.8 Å². The van der Waals surface area contributed by atoms with Crippen molar-refractivity contribution in [3.63, 3.8) is 0 Å². The van der Waals surface area contributed by atoms with Gasteiger partial charge in [-0.3, -0.25) is 9.98 Å². The van der Waals surface area contributed by atoms with Crippen molar-refractivity contribution < 1.29 is 4.39 Å². The average molecular weight is 378 g/mol. The van der Waals surface area contributed by atoms with Gasteiger partial charge in [-0.1, -0.05) is 24.3 Å². The van der Waals surface area contributed by atoms with Gasteiger partial charge in [-0.05, 0) is 30.2 Å². The molecule has 1 aliphatic rings. The number of halogens is 1. The zero-order valence-corrected chi connectivity index (χ0v) is 15.8. The summed E-state index contributed by atoms with van der Waals surface area (Å²) in [5, 5.41) is 7.91. The molecule has 28 heavy (non-hydrogen) atoms. The number of guanidine groups is 1. The van der Waals surface area contributed by atoms with E-state index in [1.165, 1.54) is 6.07 Å². The molecule has 0 saturated carbocycles. The van der Waals surface area contributed by atoms with Crippen LogP contribution in [0.1, 0.15) is 12.0 Å². The summed E-state index contributed by atoms with van der Waals surface area (Å²) in [6.45, 7) is 2.07. The summed E-state index contributed by atoms with van der Waals surface area (Å²) in [4.78, 5) is 15.0. The van der Waals surface area contributed by atoms with Crippen LogP contribution in [0.2, 0.25) is 0 Å². The van der Waals surface area contributed by atoms with Gasteiger partial charge >= 0.3 is 0 Å². The molecule has 144 valence electrons. The first-order valence-corrected chi connectivity index (χ1v) is 9.40. The zero-order chi connectivity index (χ0) is 19.3. The molecule has 2 aromatic heterocycles. The molecule has 3 heterocycles. The van der Waals surface area contributed by atoms with Gasteiger partial charge in [-0.25, -0.2) is 9.37 Å². The maximum atomic E-state index is 14.0. The van der Waals surface area contributed by atoms with Gasteiger partial charge in [0.05, 0.1) is 5.52 Å². The van der Waals surface area contributed by atoms with Crippen LogP contribution in [0.4, 0.5) is 10.2 Å². The Morgan fingerprint density at radius 1 is 1.18 bits per heavy atom. The molecule has 1 atom stereocenters. The van der Waals surface area contributed by atoms with Crippen molar-refractivity contribution in [1.29, 1.82) is 0 Å². The Bertz CT molecular complexity index is 984. The number of nitrogens with zero attached hydrogens (tertiary/aromatic N) is 4. The Kier molecular flexibility index (Phi) is 5.32. The second-order valence-corrected chi connectivity index (χ2v) is 6.80. The molecule has 0 bridgehead atoms. The average Bonchev–Trinajstić information content (AvgIpc) is 3.19. The van der Waals surface area contributed by atoms with Crippen molar-refractivity contribution in [1.82, 2.24) is 20.6 Å². The monoisotopic (exact) mass is 378 g/mol. The van der Waals surface area contributed by atoms with Crippen LogP contribution in [-0.2, 0) is 6.54 Å². The number of aromatic nitrogens is 2. The van der Waals surface area contributed by atoms with Crippen LogP contribution in [0.5, 0.6) is 0 Å². The minimum atomic E-state index is -0.283. The van der Waals surface area contributed by atoms with E-state index in [0.717, 1.165) is 35.4 Å². The fourth-order valence-electron chi connectivity index (χ4n) is 3.56. The van der Waals surface area contributed by atoms with Gasteiger partial charge in [-0.2, -0.15) is 0 Å². The summed E-state index contributed by atoms with van der Waals surface area (Å²) < 4.78 is 14.0. The molecule has 0 radical (unpaired) electrons. The highest BCUT2D eigenvalue weighted by atomic mass is 19.1. The van der Waals surface area contributed by atoms with Crippen molar-refractivity contribution in [2.75, 3.05) is 25.0 Å². The molecule has 2 N–H and O–H groups in total. The van der Waals surface area contributed by atoms with Crippen molar-refractivity contribution in [3.8, 4) is 0 Å². The zero-order valence-electron chi connectivity index (χ0n) is 15.8. The minimum absolute atomic E-state index is 0.179. The number of fused-ring (bicyclic) bond motifs is 1. The Labute approximate surface area is 163 Å². The third kappa shape index (κ3) is 3.88. The molecule has 0 aliphatic carbocycles. The van der Waals surface area contributed by atoms with Crippen LogP contribution in [0.25, 0.3) is 10.9 Å². The highest BCUT2D eigenvalue weighted by molar-refractivity contribution is 5.83. The summed E-state index contributed by atoms with van der Waals surface area (Å²) >= 11 is 0. The quantitative estimate of drug-likeness (QED) is 0.540. The first-order chi connectivity index (χ1) is 13.7. The SMILES string of the molecule is CN=C(NCc1cccc2cccnc12)NC1CCN(c2ncccc2F)C1. The van der Waals surface area contributed by atoms with Crippen LogP contribution in [0, 0.1) is 5.82 Å². The van der Waals surface area contributed by atoms with E-state index in [9.17, 15) is 4.39 Å². The van der Waals surface area contributed by atoms with Gasteiger partial charge in [0.1, 0.15) is 0 Å². The fourth-order valence-corrected chi connectivity index (χ4v) is 3.56. The number of para-hydroxylation sites is 1. The van der Waals surface area contributed by atoms with Gasteiger partial charge in [-0.15, -0.1) is 0 Å². The molecule has 1 unspecified atom stereocenters. The van der Waals surface area contributed by atoms with Gasteiger partial charge in [0.25, 0.3) is 0 Å². The number of hydrogen-bond donors (Lipinski definition) is 2. The maximum Gasteiger partial charge on any atom is 0.191 e. The third-order valence-corrected chi connectivity index (χ3v) is 4.95. The number of rotatable bonds is 4. The van der Waals surface area contributed by atoms with Crippen molar-refractivity contribution in [2.45, 2.75) is 19.0 Å². The van der Waals surface area contributed by atoms with Crippen molar-refractivity contribution in [3.05, 3.63) is 66.2 Å². The van der Waals surface area contributed by atoms with E-state index < -0.39 is 0 Å². The van der Waals surface area contributed by atoms with E-state index in [1.54, 1.807) is 19.3 Å². The van der Waals surface area contributed by atoms with Crippen LogP contribution in [0.3, 0.4) is 0 Å². The Morgan fingerprint density at radius 2 is 2.00 bits per heavy atom. The normalized spacial score (nSPS) is 17.1. The predicted octanol–water partition coefficient (Wildman–Crippen LogP) is 2.71. The lowest BCUT2D eigenvalue weighted by Gasteiger charge is -2.20. The molecule has 1 aromatic carbocycles. The summed E-state index contributed by atoms with van der Waals surface area (Å²) in [7, 11) is 1.75. The standard InChI is InChI=1S/C21H23FN6/c1-23-21(26-13-16-6-2-5-15-7-3-10-24-19(15)16)27-17-9-12-28(14-17)20-18(22)8-4-11-25-20/h2-8,10-11,17H,9,12-14H2,1H3,(H2,23,26,27). The fraction of sp³-hybridized carbons (Fsp3) is 0.286. The molecule has 1 aliphatic heterocycles. The second kappa shape index (κ2) is 8.21. The Balaban J connectivity index is 1.37. The molecule has 0 spiro atoms. The molecule has 6 nitrogen and oxygen atoms in total. The number of hydrogen-bond acceptors (Lipinski definition) is 4. The summed E-state index contributed by atoms with van der Waals surface area (Å²) in [6.07, 6.45) is 4.33. The molecular formula is C21H23FN6. The Hall–Kier alpha value is -3.22. The van der Waals surface area contributed by atoms with Crippen molar-refractivity contribution in [2.24, 2.45) is 4.99 Å². The number of nitrogens with one attached hydrogen (secondary N) is 2. The summed E-state index contributed by atoms with van der Waals surface area (Å²) in [5.41, 5.74) is 2.11. The first kappa shape index (κ1) is 18.2. The van der Waals surface area contributed by atoms with E-state index >= 15 is 0 Å². The largest absolute Gasteiger partial charge is 0.352 e. The van der Waals surface area contributed by atoms with Crippen LogP contribution < -0.4 is 15.5 Å². The van der Waals surface area contributed by atoms with E-state index in [0.29, 0.717) is 18.9 Å². The highest BCUT2D eigenvalue weighted by Crippen LogP contribution is 2.21. The lowest BCUT2D eigenvalue weighted by atomic mass is 10.1. The molecule has 7 heteroatoms. The molecule has 1 fully saturated rings. The smallest absolute Gasteiger partial charge is 0.191 e. The number of benzene rings is 1. The first-order valence-electron chi connectivity index (χ1n) is 9.40. The van der Waals surface area contributed by atoms with Crippen LogP contribution in [0.15, 0.2) is 59.9 Å². The topological polar surface area (TPSA) is 65.4 Å². The molecule has 1 saturated heterocycles. The van der Waals surface area contributed by atoms with Crippen molar-refractivity contribution >= 4 is 22.7 Å². The lowest BCUT2D eigenvalue weighted by molar-refractivity contribution is 0.612. The maximum absolute atomic E-state index is 14.0. The lowest BCUT2D eigenvalue weighted by Crippen LogP contribution is -2.44. The van der Waals surface area contributed by atoms with Crippen LogP contribution in [-0.4, -0.2) is 42.1 Å². The van der Waals surface area contributed by atoms with Gasteiger partial charge in [0.15, 0.2) is 17.6 Å². The van der Waals surface area contributed by atoms with E-state index in [4.69, 9.17) is 0 Å². The third-order valence-electron chi connectivity index (χ3n) is 4.95. The molecular weight excluding hydrogens is 355 g/mol. The minimum Gasteiger partial charge on any atom is -0.352 e. The van der Waals surface area contributed by atoms with Crippen LogP contribution >= 0.6 is 0 Å². The van der Waals surface area contributed by atoms with Gasteiger partial charge < -0.3 is 15.5 Å². The highest BCUT2D eigenvalue weighted by Gasteiger charge is 2.25. The number of aliphatic imine (C=N–C) groups is 1. The van der Waals surface area contributed by atoms with E-state index in [1.807, 2.05) is 23.2 Å². The number of pyridine rings is 2. The molecule has 0 amide bonds.